The summed E-state index contributed by atoms with van der Waals surface area (Å²) in [5.74, 6) is 0.341. The maximum atomic E-state index is 13.0. The van der Waals surface area contributed by atoms with E-state index >= 15 is 0 Å². The van der Waals surface area contributed by atoms with E-state index in [-0.39, 0.29) is 11.8 Å². The van der Waals surface area contributed by atoms with Crippen molar-refractivity contribution in [3.63, 3.8) is 0 Å². The molecule has 0 unspecified atom stereocenters. The van der Waals surface area contributed by atoms with Gasteiger partial charge < -0.3 is 20.3 Å². The molecule has 3 aromatic carbocycles. The molecule has 5 nitrogen and oxygen atoms in total. The van der Waals surface area contributed by atoms with Crippen molar-refractivity contribution in [3.8, 4) is 5.75 Å². The summed E-state index contributed by atoms with van der Waals surface area (Å²) in [5.41, 5.74) is 3.76. The molecule has 30 heavy (non-hydrogen) atoms. The van der Waals surface area contributed by atoms with Crippen molar-refractivity contribution < 1.29 is 13.9 Å². The Morgan fingerprint density at radius 2 is 1.70 bits per heavy atom. The number of carbonyl (C=O) groups excluding carboxylic acids is 1. The van der Waals surface area contributed by atoms with Gasteiger partial charge in [0, 0.05) is 24.8 Å². The van der Waals surface area contributed by atoms with E-state index < -0.39 is 0 Å². The number of benzene rings is 3. The van der Waals surface area contributed by atoms with Crippen LogP contribution in [0.2, 0.25) is 0 Å². The zero-order chi connectivity index (χ0) is 21.3. The van der Waals surface area contributed by atoms with Gasteiger partial charge in [-0.3, -0.25) is 0 Å². The molecule has 156 valence electrons. The van der Waals surface area contributed by atoms with Crippen LogP contribution in [0.1, 0.15) is 16.7 Å². The number of carbonyl (C=O) groups is 1. The van der Waals surface area contributed by atoms with E-state index in [9.17, 15) is 9.18 Å². The summed E-state index contributed by atoms with van der Waals surface area (Å²) < 4.78 is 18.7. The van der Waals surface area contributed by atoms with E-state index in [1.807, 2.05) is 44.4 Å². The first kappa shape index (κ1) is 21.3. The van der Waals surface area contributed by atoms with Crippen LogP contribution in [-0.4, -0.2) is 25.0 Å². The zero-order valence-corrected chi connectivity index (χ0v) is 17.2. The van der Waals surface area contributed by atoms with Crippen molar-refractivity contribution in [2.45, 2.75) is 19.7 Å². The third kappa shape index (κ3) is 6.60. The fraction of sp³-hybridized carbons (Fsp3) is 0.208. The van der Waals surface area contributed by atoms with E-state index in [2.05, 4.69) is 21.6 Å². The summed E-state index contributed by atoms with van der Waals surface area (Å²) in [6.07, 6.45) is 0. The molecule has 0 aliphatic rings. The average Bonchev–Trinajstić information content (AvgIpc) is 2.73. The van der Waals surface area contributed by atoms with Crippen molar-refractivity contribution in [2.24, 2.45) is 0 Å². The maximum absolute atomic E-state index is 13.0. The summed E-state index contributed by atoms with van der Waals surface area (Å²) in [6, 6.07) is 21.1. The summed E-state index contributed by atoms with van der Waals surface area (Å²) >= 11 is 0. The number of ether oxygens (including phenoxy) is 1. The Hall–Kier alpha value is -3.38. The number of nitrogens with one attached hydrogen (secondary N) is 2. The lowest BCUT2D eigenvalue weighted by molar-refractivity contribution is 0.251. The van der Waals surface area contributed by atoms with Crippen molar-refractivity contribution in [1.82, 2.24) is 10.2 Å². The third-order valence-corrected chi connectivity index (χ3v) is 4.46. The molecule has 2 N–H and O–H groups in total. The molecule has 3 rings (SSSR count). The fourth-order valence-corrected chi connectivity index (χ4v) is 2.99. The number of rotatable bonds is 8. The average molecular weight is 407 g/mol. The van der Waals surface area contributed by atoms with Crippen LogP contribution in [0.4, 0.5) is 14.9 Å². The molecule has 0 spiro atoms. The minimum absolute atomic E-state index is 0.278. The highest BCUT2D eigenvalue weighted by atomic mass is 19.1. The molecular weight excluding hydrogens is 381 g/mol. The summed E-state index contributed by atoms with van der Waals surface area (Å²) in [6.45, 7) is 1.57. The smallest absolute Gasteiger partial charge is 0.319 e. The van der Waals surface area contributed by atoms with Gasteiger partial charge in [-0.25, -0.2) is 9.18 Å². The second-order valence-corrected chi connectivity index (χ2v) is 7.26. The molecule has 0 saturated heterocycles. The Labute approximate surface area is 176 Å². The van der Waals surface area contributed by atoms with E-state index in [0.717, 1.165) is 17.7 Å². The second kappa shape index (κ2) is 10.4. The number of urea groups is 1. The first-order chi connectivity index (χ1) is 14.5. The summed E-state index contributed by atoms with van der Waals surface area (Å²) in [5, 5.41) is 5.73. The third-order valence-electron chi connectivity index (χ3n) is 4.46. The van der Waals surface area contributed by atoms with Gasteiger partial charge in [0.05, 0.1) is 0 Å². The molecule has 0 heterocycles. The van der Waals surface area contributed by atoms with Gasteiger partial charge in [0.25, 0.3) is 0 Å². The highest BCUT2D eigenvalue weighted by Gasteiger charge is 2.07. The minimum atomic E-state index is -0.287. The Bertz CT molecular complexity index is 974. The molecule has 0 radical (unpaired) electrons. The number of amides is 2. The highest BCUT2D eigenvalue weighted by Crippen LogP contribution is 2.19. The second-order valence-electron chi connectivity index (χ2n) is 7.26. The first-order valence-electron chi connectivity index (χ1n) is 9.73. The molecule has 0 aromatic heterocycles. The molecule has 0 aliphatic carbocycles. The van der Waals surface area contributed by atoms with Gasteiger partial charge in [0.15, 0.2) is 0 Å². The zero-order valence-electron chi connectivity index (χ0n) is 17.2. The van der Waals surface area contributed by atoms with Gasteiger partial charge >= 0.3 is 6.03 Å². The monoisotopic (exact) mass is 407 g/mol. The van der Waals surface area contributed by atoms with E-state index in [4.69, 9.17) is 4.74 Å². The van der Waals surface area contributed by atoms with Crippen molar-refractivity contribution in [2.75, 3.05) is 19.4 Å². The van der Waals surface area contributed by atoms with Crippen LogP contribution in [0.15, 0.2) is 72.8 Å². The standard InChI is InChI=1S/C24H26FN3O2/c1-28(2)16-20-7-4-3-6-19(20)15-26-24(29)27-22-8-5-9-23(14-22)30-17-18-10-12-21(25)13-11-18/h3-14H,15-17H2,1-2H3,(H2,26,27,29). The Kier molecular flexibility index (Phi) is 7.40. The lowest BCUT2D eigenvalue weighted by Crippen LogP contribution is -2.28. The molecule has 3 aromatic rings. The molecule has 0 atom stereocenters. The number of hydrogen-bond donors (Lipinski definition) is 2. The van der Waals surface area contributed by atoms with Crippen LogP contribution in [0.5, 0.6) is 5.75 Å². The molecular formula is C24H26FN3O2. The molecule has 0 fully saturated rings. The van der Waals surface area contributed by atoms with Gasteiger partial charge in [-0.2, -0.15) is 0 Å². The predicted molar refractivity (Wildman–Crippen MR) is 117 cm³/mol. The summed E-state index contributed by atoms with van der Waals surface area (Å²) in [4.78, 5) is 14.4. The highest BCUT2D eigenvalue weighted by molar-refractivity contribution is 5.89. The predicted octanol–water partition coefficient (Wildman–Crippen LogP) is 4.79. The molecule has 2 amide bonds. The Morgan fingerprint density at radius 3 is 2.43 bits per heavy atom. The van der Waals surface area contributed by atoms with Gasteiger partial charge in [-0.05, 0) is 55.1 Å². The minimum Gasteiger partial charge on any atom is -0.489 e. The van der Waals surface area contributed by atoms with Gasteiger partial charge in [-0.1, -0.05) is 42.5 Å². The van der Waals surface area contributed by atoms with Gasteiger partial charge in [0.2, 0.25) is 0 Å². The van der Waals surface area contributed by atoms with E-state index in [1.54, 1.807) is 24.3 Å². The number of nitrogens with zero attached hydrogens (tertiary/aromatic N) is 1. The summed E-state index contributed by atoms with van der Waals surface area (Å²) in [7, 11) is 4.03. The Morgan fingerprint density at radius 1 is 0.967 bits per heavy atom. The lowest BCUT2D eigenvalue weighted by Gasteiger charge is -2.15. The van der Waals surface area contributed by atoms with Crippen molar-refractivity contribution >= 4 is 11.7 Å². The maximum Gasteiger partial charge on any atom is 0.319 e. The van der Waals surface area contributed by atoms with Crippen LogP contribution >= 0.6 is 0 Å². The SMILES string of the molecule is CN(C)Cc1ccccc1CNC(=O)Nc1cccc(OCc2ccc(F)cc2)c1. The fourth-order valence-electron chi connectivity index (χ4n) is 2.99. The number of anilines is 1. The molecule has 0 aliphatic heterocycles. The van der Waals surface area contributed by atoms with Crippen LogP contribution in [0.3, 0.4) is 0 Å². The van der Waals surface area contributed by atoms with Gasteiger partial charge in [-0.15, -0.1) is 0 Å². The number of hydrogen-bond acceptors (Lipinski definition) is 3. The van der Waals surface area contributed by atoms with E-state index in [1.165, 1.54) is 17.7 Å². The lowest BCUT2D eigenvalue weighted by atomic mass is 10.1. The topological polar surface area (TPSA) is 53.6 Å². The van der Waals surface area contributed by atoms with Crippen LogP contribution in [0.25, 0.3) is 0 Å². The van der Waals surface area contributed by atoms with Gasteiger partial charge in [0.1, 0.15) is 18.2 Å². The molecule has 6 heteroatoms. The molecule has 0 saturated carbocycles. The van der Waals surface area contributed by atoms with Crippen molar-refractivity contribution in [3.05, 3.63) is 95.3 Å². The van der Waals surface area contributed by atoms with Crippen LogP contribution < -0.4 is 15.4 Å². The van der Waals surface area contributed by atoms with Crippen LogP contribution in [-0.2, 0) is 19.7 Å². The Balaban J connectivity index is 1.53. The van der Waals surface area contributed by atoms with E-state index in [0.29, 0.717) is 24.6 Å². The largest absolute Gasteiger partial charge is 0.489 e. The van der Waals surface area contributed by atoms with Crippen molar-refractivity contribution in [1.29, 1.82) is 0 Å². The normalized spacial score (nSPS) is 10.7. The number of halogens is 1. The van der Waals surface area contributed by atoms with Crippen LogP contribution in [0, 0.1) is 5.82 Å². The first-order valence-corrected chi connectivity index (χ1v) is 9.73. The molecule has 0 bridgehead atoms. The quantitative estimate of drug-likeness (QED) is 0.565.